The van der Waals surface area contributed by atoms with Crippen molar-refractivity contribution in [2.24, 2.45) is 17.1 Å². The van der Waals surface area contributed by atoms with Gasteiger partial charge in [-0.05, 0) is 37.8 Å². The highest BCUT2D eigenvalue weighted by molar-refractivity contribution is 4.72. The molecule has 0 heterocycles. The van der Waals surface area contributed by atoms with Gasteiger partial charge in [0.1, 0.15) is 0 Å². The third-order valence-electron chi connectivity index (χ3n) is 3.08. The molecule has 0 aromatic heterocycles. The molecule has 0 aliphatic rings. The summed E-state index contributed by atoms with van der Waals surface area (Å²) >= 11 is 0. The average molecular weight is 228 g/mol. The van der Waals surface area contributed by atoms with Crippen molar-refractivity contribution >= 4 is 0 Å². The summed E-state index contributed by atoms with van der Waals surface area (Å²) in [6.45, 7) is 13.7. The first kappa shape index (κ1) is 15.9. The van der Waals surface area contributed by atoms with Gasteiger partial charge < -0.3 is 10.6 Å². The molecule has 0 aromatic carbocycles. The Morgan fingerprint density at radius 3 is 2.25 bits per heavy atom. The van der Waals surface area contributed by atoms with Crippen LogP contribution in [0.1, 0.15) is 53.9 Å². The lowest BCUT2D eigenvalue weighted by atomic mass is 9.87. The predicted octanol–water partition coefficient (Wildman–Crippen LogP) is 3.12. The topological polar surface area (TPSA) is 29.3 Å². The quantitative estimate of drug-likeness (QED) is 0.725. The van der Waals surface area contributed by atoms with Gasteiger partial charge in [0.05, 0.1) is 0 Å². The van der Waals surface area contributed by atoms with Crippen LogP contribution in [0.3, 0.4) is 0 Å². The van der Waals surface area contributed by atoms with Gasteiger partial charge in [0.2, 0.25) is 0 Å². The van der Waals surface area contributed by atoms with Crippen LogP contribution >= 0.6 is 0 Å². The monoisotopic (exact) mass is 228 g/mol. The number of hydrogen-bond donors (Lipinski definition) is 1. The highest BCUT2D eigenvalue weighted by Gasteiger charge is 2.16. The average Bonchev–Trinajstić information content (AvgIpc) is 2.12. The molecule has 0 aromatic rings. The van der Waals surface area contributed by atoms with Gasteiger partial charge in [-0.15, -0.1) is 0 Å². The van der Waals surface area contributed by atoms with E-state index in [9.17, 15) is 0 Å². The van der Waals surface area contributed by atoms with E-state index in [2.05, 4.69) is 46.6 Å². The second-order valence-corrected chi connectivity index (χ2v) is 6.59. The lowest BCUT2D eigenvalue weighted by Gasteiger charge is -2.26. The summed E-state index contributed by atoms with van der Waals surface area (Å²) in [5, 5.41) is 0. The summed E-state index contributed by atoms with van der Waals surface area (Å²) in [4.78, 5) is 2.41. The Bertz CT molecular complexity index is 172. The minimum Gasteiger partial charge on any atom is -0.328 e. The maximum atomic E-state index is 6.14. The molecule has 2 N–H and O–H groups in total. The van der Waals surface area contributed by atoms with Crippen LogP contribution < -0.4 is 5.73 Å². The van der Waals surface area contributed by atoms with E-state index < -0.39 is 0 Å². The Hall–Kier alpha value is -0.0800. The van der Waals surface area contributed by atoms with E-state index in [0.29, 0.717) is 11.5 Å². The second-order valence-electron chi connectivity index (χ2n) is 6.59. The maximum absolute atomic E-state index is 6.14. The molecule has 0 rings (SSSR count). The third kappa shape index (κ3) is 9.17. The van der Waals surface area contributed by atoms with Crippen molar-refractivity contribution in [2.75, 3.05) is 20.1 Å². The zero-order valence-electron chi connectivity index (χ0n) is 12.2. The molecule has 2 unspecified atom stereocenters. The second kappa shape index (κ2) is 7.29. The van der Waals surface area contributed by atoms with Gasteiger partial charge in [0.25, 0.3) is 0 Å². The molecule has 2 nitrogen and oxygen atoms in total. The summed E-state index contributed by atoms with van der Waals surface area (Å²) in [7, 11) is 2.20. The van der Waals surface area contributed by atoms with Crippen molar-refractivity contribution in [3.05, 3.63) is 0 Å². The first-order valence-electron chi connectivity index (χ1n) is 6.68. The number of rotatable bonds is 7. The Labute approximate surface area is 103 Å². The smallest absolute Gasteiger partial charge is 0.00559 e. The fourth-order valence-electron chi connectivity index (χ4n) is 2.03. The fourth-order valence-corrected chi connectivity index (χ4v) is 2.03. The molecule has 2 heteroatoms. The third-order valence-corrected chi connectivity index (χ3v) is 3.08. The van der Waals surface area contributed by atoms with E-state index in [0.717, 1.165) is 25.3 Å². The largest absolute Gasteiger partial charge is 0.328 e. The highest BCUT2D eigenvalue weighted by atomic mass is 15.1. The predicted molar refractivity (Wildman–Crippen MR) is 73.6 cm³/mol. The van der Waals surface area contributed by atoms with E-state index in [1.165, 1.54) is 13.0 Å². The Morgan fingerprint density at radius 2 is 1.81 bits per heavy atom. The molecule has 16 heavy (non-hydrogen) atoms. The van der Waals surface area contributed by atoms with Gasteiger partial charge in [-0.3, -0.25) is 0 Å². The summed E-state index contributed by atoms with van der Waals surface area (Å²) in [6.07, 6.45) is 3.49. The van der Waals surface area contributed by atoms with Crippen LogP contribution in [-0.2, 0) is 0 Å². The zero-order valence-corrected chi connectivity index (χ0v) is 12.2. The molecular weight excluding hydrogens is 196 g/mol. The molecule has 0 saturated carbocycles. The molecule has 0 aliphatic heterocycles. The number of nitrogens with zero attached hydrogens (tertiary/aromatic N) is 1. The molecule has 0 spiro atoms. The summed E-state index contributed by atoms with van der Waals surface area (Å²) in [5.74, 6) is 0.795. The minimum atomic E-state index is 0.347. The Morgan fingerprint density at radius 1 is 1.25 bits per heavy atom. The molecule has 0 saturated heterocycles. The first-order valence-corrected chi connectivity index (χ1v) is 6.68. The molecular formula is C14H32N2. The molecule has 0 bridgehead atoms. The van der Waals surface area contributed by atoms with Gasteiger partial charge in [0, 0.05) is 12.6 Å². The van der Waals surface area contributed by atoms with Crippen molar-refractivity contribution < 1.29 is 0 Å². The van der Waals surface area contributed by atoms with Crippen LogP contribution in [-0.4, -0.2) is 31.1 Å². The number of hydrogen-bond acceptors (Lipinski definition) is 2. The summed E-state index contributed by atoms with van der Waals surface area (Å²) < 4.78 is 0. The molecule has 0 aliphatic carbocycles. The SMILES string of the molecule is CCC(C)CN(C)CCC(N)CC(C)(C)C. The lowest BCUT2D eigenvalue weighted by Crippen LogP contribution is -2.33. The van der Waals surface area contributed by atoms with E-state index in [1.807, 2.05) is 0 Å². The fraction of sp³-hybridized carbons (Fsp3) is 1.00. The summed E-state index contributed by atoms with van der Waals surface area (Å²) in [5.41, 5.74) is 6.50. The summed E-state index contributed by atoms with van der Waals surface area (Å²) in [6, 6.07) is 0.347. The standard InChI is InChI=1S/C14H32N2/c1-7-12(2)11-16(6)9-8-13(15)10-14(3,4)5/h12-13H,7-11,15H2,1-6H3. The van der Waals surface area contributed by atoms with Crippen molar-refractivity contribution in [2.45, 2.75) is 59.9 Å². The normalized spacial score (nSPS) is 16.5. The van der Waals surface area contributed by atoms with Crippen LogP contribution in [0, 0.1) is 11.3 Å². The van der Waals surface area contributed by atoms with E-state index >= 15 is 0 Å². The number of nitrogens with two attached hydrogens (primary N) is 1. The molecule has 2 atom stereocenters. The maximum Gasteiger partial charge on any atom is 0.00559 e. The van der Waals surface area contributed by atoms with E-state index in [-0.39, 0.29) is 0 Å². The van der Waals surface area contributed by atoms with Crippen molar-refractivity contribution in [1.29, 1.82) is 0 Å². The molecule has 0 amide bonds. The molecule has 0 radical (unpaired) electrons. The van der Waals surface area contributed by atoms with Gasteiger partial charge in [0.15, 0.2) is 0 Å². The Balaban J connectivity index is 3.71. The van der Waals surface area contributed by atoms with Gasteiger partial charge >= 0.3 is 0 Å². The van der Waals surface area contributed by atoms with Crippen LogP contribution in [0.25, 0.3) is 0 Å². The zero-order chi connectivity index (χ0) is 12.8. The van der Waals surface area contributed by atoms with Gasteiger partial charge in [-0.2, -0.15) is 0 Å². The lowest BCUT2D eigenvalue weighted by molar-refractivity contribution is 0.255. The van der Waals surface area contributed by atoms with Gasteiger partial charge in [-0.1, -0.05) is 41.0 Å². The van der Waals surface area contributed by atoms with Gasteiger partial charge in [-0.25, -0.2) is 0 Å². The Kier molecular flexibility index (Phi) is 7.25. The minimum absolute atomic E-state index is 0.347. The van der Waals surface area contributed by atoms with Crippen LogP contribution in [0.4, 0.5) is 0 Å². The van der Waals surface area contributed by atoms with E-state index in [1.54, 1.807) is 0 Å². The van der Waals surface area contributed by atoms with Crippen molar-refractivity contribution in [1.82, 2.24) is 4.90 Å². The van der Waals surface area contributed by atoms with Crippen molar-refractivity contribution in [3.63, 3.8) is 0 Å². The van der Waals surface area contributed by atoms with Crippen molar-refractivity contribution in [3.8, 4) is 0 Å². The molecule has 0 fully saturated rings. The van der Waals surface area contributed by atoms with Crippen LogP contribution in [0.15, 0.2) is 0 Å². The highest BCUT2D eigenvalue weighted by Crippen LogP contribution is 2.21. The van der Waals surface area contributed by atoms with E-state index in [4.69, 9.17) is 5.73 Å². The molecule has 98 valence electrons. The van der Waals surface area contributed by atoms with Crippen LogP contribution in [0.5, 0.6) is 0 Å². The van der Waals surface area contributed by atoms with Crippen LogP contribution in [0.2, 0.25) is 0 Å². The first-order chi connectivity index (χ1) is 7.24.